The standard InChI is InChI=1S/C19H22FN3O.2C2H6/c1-13-7-8-17(16(20)11-13)23-18-12-21-10-9-15(18)19(24)22-14-5-3-2-4-6-14;2*1-2/h7-12,14,23H,2-6H2,1H3,(H,22,24);2*1-2H3. The van der Waals surface area contributed by atoms with Crippen molar-refractivity contribution in [1.82, 2.24) is 10.3 Å². The number of nitrogens with zero attached hydrogens (tertiary/aromatic N) is 1. The molecule has 28 heavy (non-hydrogen) atoms. The molecular formula is C23H34FN3O. The molecule has 0 atom stereocenters. The predicted molar refractivity (Wildman–Crippen MR) is 116 cm³/mol. The SMILES string of the molecule is CC.CC.Cc1ccc(Nc2cnccc2C(=O)NC2CCCCC2)c(F)c1. The lowest BCUT2D eigenvalue weighted by molar-refractivity contribution is 0.0928. The van der Waals surface area contributed by atoms with E-state index in [2.05, 4.69) is 15.6 Å². The molecule has 0 bridgehead atoms. The molecule has 0 unspecified atom stereocenters. The number of aromatic nitrogens is 1. The Hall–Kier alpha value is -2.43. The first-order chi connectivity index (χ1) is 13.6. The van der Waals surface area contributed by atoms with E-state index < -0.39 is 0 Å². The van der Waals surface area contributed by atoms with Crippen molar-refractivity contribution in [2.75, 3.05) is 5.32 Å². The summed E-state index contributed by atoms with van der Waals surface area (Å²) >= 11 is 0. The first kappa shape index (κ1) is 23.6. The van der Waals surface area contributed by atoms with Crippen molar-refractivity contribution in [3.63, 3.8) is 0 Å². The zero-order valence-corrected chi connectivity index (χ0v) is 17.8. The molecule has 1 amide bonds. The molecule has 1 aromatic carbocycles. The van der Waals surface area contributed by atoms with Crippen molar-refractivity contribution >= 4 is 17.3 Å². The largest absolute Gasteiger partial charge is 0.351 e. The number of halogens is 1. The maximum absolute atomic E-state index is 14.1. The monoisotopic (exact) mass is 387 g/mol. The average Bonchev–Trinajstić information content (AvgIpc) is 2.74. The van der Waals surface area contributed by atoms with Gasteiger partial charge in [0.2, 0.25) is 0 Å². The number of benzene rings is 1. The summed E-state index contributed by atoms with van der Waals surface area (Å²) in [4.78, 5) is 16.6. The van der Waals surface area contributed by atoms with Gasteiger partial charge in [0.25, 0.3) is 5.91 Å². The number of rotatable bonds is 4. The minimum Gasteiger partial charge on any atom is -0.351 e. The van der Waals surface area contributed by atoms with E-state index in [-0.39, 0.29) is 17.8 Å². The molecule has 1 heterocycles. The number of carbonyl (C=O) groups is 1. The molecule has 1 aliphatic carbocycles. The first-order valence-electron chi connectivity index (χ1n) is 10.4. The van der Waals surface area contributed by atoms with Crippen LogP contribution in [0, 0.1) is 12.7 Å². The minimum absolute atomic E-state index is 0.140. The lowest BCUT2D eigenvalue weighted by atomic mass is 9.95. The Labute approximate surface area is 169 Å². The molecule has 1 saturated carbocycles. The highest BCUT2D eigenvalue weighted by Crippen LogP contribution is 2.24. The van der Waals surface area contributed by atoms with Crippen LogP contribution in [0.4, 0.5) is 15.8 Å². The number of amides is 1. The number of carbonyl (C=O) groups excluding carboxylic acids is 1. The Morgan fingerprint density at radius 2 is 1.71 bits per heavy atom. The molecule has 1 aromatic heterocycles. The molecule has 3 rings (SSSR count). The van der Waals surface area contributed by atoms with Crippen LogP contribution in [0.15, 0.2) is 36.7 Å². The summed E-state index contributed by atoms with van der Waals surface area (Å²) in [5, 5.41) is 6.07. The van der Waals surface area contributed by atoms with Crippen LogP contribution in [-0.2, 0) is 0 Å². The van der Waals surface area contributed by atoms with Crippen molar-refractivity contribution in [2.45, 2.75) is 72.8 Å². The minimum atomic E-state index is -0.350. The fraction of sp³-hybridized carbons (Fsp3) is 0.478. The lowest BCUT2D eigenvalue weighted by Crippen LogP contribution is -2.36. The Balaban J connectivity index is 0.000000921. The molecule has 2 aromatic rings. The number of anilines is 2. The molecule has 154 valence electrons. The highest BCUT2D eigenvalue weighted by atomic mass is 19.1. The van der Waals surface area contributed by atoms with E-state index in [9.17, 15) is 9.18 Å². The van der Waals surface area contributed by atoms with Crippen molar-refractivity contribution in [2.24, 2.45) is 0 Å². The Kier molecular flexibility index (Phi) is 10.8. The topological polar surface area (TPSA) is 54.0 Å². The smallest absolute Gasteiger partial charge is 0.253 e. The van der Waals surface area contributed by atoms with Crippen molar-refractivity contribution < 1.29 is 9.18 Å². The number of hydrogen-bond donors (Lipinski definition) is 2. The molecule has 0 spiro atoms. The third-order valence-corrected chi connectivity index (χ3v) is 4.40. The van der Waals surface area contributed by atoms with E-state index in [1.54, 1.807) is 24.5 Å². The fourth-order valence-corrected chi connectivity index (χ4v) is 3.07. The van der Waals surface area contributed by atoms with Gasteiger partial charge in [-0.3, -0.25) is 9.78 Å². The quantitative estimate of drug-likeness (QED) is 0.639. The number of hydrogen-bond acceptors (Lipinski definition) is 3. The highest BCUT2D eigenvalue weighted by molar-refractivity contribution is 6.00. The maximum Gasteiger partial charge on any atom is 0.253 e. The molecule has 1 aliphatic rings. The van der Waals surface area contributed by atoms with Crippen LogP contribution in [0.1, 0.15) is 75.7 Å². The summed E-state index contributed by atoms with van der Waals surface area (Å²) in [7, 11) is 0. The lowest BCUT2D eigenvalue weighted by Gasteiger charge is -2.23. The van der Waals surface area contributed by atoms with Crippen LogP contribution in [0.2, 0.25) is 0 Å². The van der Waals surface area contributed by atoms with Gasteiger partial charge >= 0.3 is 0 Å². The van der Waals surface area contributed by atoms with Gasteiger partial charge in [0.05, 0.1) is 23.1 Å². The van der Waals surface area contributed by atoms with Gasteiger partial charge in [-0.2, -0.15) is 0 Å². The predicted octanol–water partition coefficient (Wildman–Crippen LogP) is 6.39. The van der Waals surface area contributed by atoms with E-state index in [4.69, 9.17) is 0 Å². The van der Waals surface area contributed by atoms with E-state index >= 15 is 0 Å². The maximum atomic E-state index is 14.1. The van der Waals surface area contributed by atoms with Crippen LogP contribution in [-0.4, -0.2) is 16.9 Å². The van der Waals surface area contributed by atoms with Crippen molar-refractivity contribution in [1.29, 1.82) is 0 Å². The van der Waals surface area contributed by atoms with Crippen molar-refractivity contribution in [3.05, 3.63) is 53.6 Å². The molecule has 1 fully saturated rings. The number of pyridine rings is 1. The van der Waals surface area contributed by atoms with Gasteiger partial charge in [0.15, 0.2) is 0 Å². The van der Waals surface area contributed by atoms with Gasteiger partial charge in [-0.1, -0.05) is 53.0 Å². The average molecular weight is 388 g/mol. The summed E-state index contributed by atoms with van der Waals surface area (Å²) in [5.74, 6) is -0.489. The second kappa shape index (κ2) is 12.9. The summed E-state index contributed by atoms with van der Waals surface area (Å²) in [6.45, 7) is 9.83. The molecule has 4 nitrogen and oxygen atoms in total. The van der Waals surface area contributed by atoms with E-state index in [1.165, 1.54) is 12.5 Å². The fourth-order valence-electron chi connectivity index (χ4n) is 3.07. The van der Waals surface area contributed by atoms with Gasteiger partial charge < -0.3 is 10.6 Å². The molecule has 0 saturated heterocycles. The molecule has 2 N–H and O–H groups in total. The molecular weight excluding hydrogens is 353 g/mol. The molecule has 0 radical (unpaired) electrons. The normalized spacial score (nSPS) is 13.4. The van der Waals surface area contributed by atoms with E-state index in [0.29, 0.717) is 16.9 Å². The third kappa shape index (κ3) is 6.95. The molecule has 0 aliphatic heterocycles. The van der Waals surface area contributed by atoms with E-state index in [1.807, 2.05) is 40.7 Å². The number of aryl methyl sites for hydroxylation is 1. The van der Waals surface area contributed by atoms with Crippen molar-refractivity contribution in [3.8, 4) is 0 Å². The summed E-state index contributed by atoms with van der Waals surface area (Å²) < 4.78 is 14.1. The zero-order valence-electron chi connectivity index (χ0n) is 17.8. The van der Waals surface area contributed by atoms with Crippen LogP contribution >= 0.6 is 0 Å². The highest BCUT2D eigenvalue weighted by Gasteiger charge is 2.19. The second-order valence-corrected chi connectivity index (χ2v) is 6.34. The van der Waals surface area contributed by atoms with Crippen LogP contribution in [0.3, 0.4) is 0 Å². The van der Waals surface area contributed by atoms with Crippen LogP contribution < -0.4 is 10.6 Å². The van der Waals surface area contributed by atoms with Gasteiger partial charge in [-0.15, -0.1) is 0 Å². The third-order valence-electron chi connectivity index (χ3n) is 4.40. The van der Waals surface area contributed by atoms with Gasteiger partial charge in [-0.25, -0.2) is 4.39 Å². The van der Waals surface area contributed by atoms with Crippen LogP contribution in [0.5, 0.6) is 0 Å². The molecule has 5 heteroatoms. The Morgan fingerprint density at radius 1 is 1.04 bits per heavy atom. The Morgan fingerprint density at radius 3 is 2.36 bits per heavy atom. The second-order valence-electron chi connectivity index (χ2n) is 6.34. The van der Waals surface area contributed by atoms with Crippen LogP contribution in [0.25, 0.3) is 0 Å². The summed E-state index contributed by atoms with van der Waals surface area (Å²) in [6.07, 6.45) is 8.71. The Bertz CT molecular complexity index is 728. The van der Waals surface area contributed by atoms with E-state index in [0.717, 1.165) is 31.2 Å². The van der Waals surface area contributed by atoms with Gasteiger partial charge in [-0.05, 0) is 43.5 Å². The summed E-state index contributed by atoms with van der Waals surface area (Å²) in [5.41, 5.74) is 2.17. The first-order valence-corrected chi connectivity index (χ1v) is 10.4. The van der Waals surface area contributed by atoms with Gasteiger partial charge in [0, 0.05) is 12.2 Å². The number of nitrogens with one attached hydrogen (secondary N) is 2. The zero-order chi connectivity index (χ0) is 20.9. The van der Waals surface area contributed by atoms with Gasteiger partial charge in [0.1, 0.15) is 5.82 Å². The summed E-state index contributed by atoms with van der Waals surface area (Å²) in [6, 6.07) is 6.83.